The van der Waals surface area contributed by atoms with Crippen molar-refractivity contribution in [2.24, 2.45) is 12.8 Å². The number of nitrogens with two attached hydrogens (primary N) is 1. The van der Waals surface area contributed by atoms with Crippen LogP contribution < -0.4 is 21.1 Å². The van der Waals surface area contributed by atoms with Gasteiger partial charge in [0.1, 0.15) is 0 Å². The van der Waals surface area contributed by atoms with Crippen molar-refractivity contribution in [1.29, 1.82) is 0 Å². The van der Waals surface area contributed by atoms with Gasteiger partial charge in [-0.05, 0) is 31.2 Å². The molecule has 154 valence electrons. The van der Waals surface area contributed by atoms with Crippen LogP contribution in [0.15, 0.2) is 42.6 Å². The Balaban J connectivity index is 1.75. The Morgan fingerprint density at radius 2 is 2.03 bits per heavy atom. The standard InChI is InChI=1S/C21H23N7O2/c1-12(22)10-23-16-9-8-14(18-15(16)11-24-21(25-18)30-3)20(29)26-19-13-6-4-5-7-17(13)28(2)27-19/h4-9,11-12,23H,10,22H2,1-3H3,(H,26,27,29)/t12-/m1/s1. The highest BCUT2D eigenvalue weighted by Gasteiger charge is 2.18. The predicted molar refractivity (Wildman–Crippen MR) is 117 cm³/mol. The largest absolute Gasteiger partial charge is 0.467 e. The van der Waals surface area contributed by atoms with E-state index in [0.29, 0.717) is 28.8 Å². The number of benzene rings is 2. The molecule has 9 heteroatoms. The van der Waals surface area contributed by atoms with E-state index in [9.17, 15) is 4.79 Å². The van der Waals surface area contributed by atoms with E-state index < -0.39 is 0 Å². The molecule has 0 aliphatic carbocycles. The summed E-state index contributed by atoms with van der Waals surface area (Å²) >= 11 is 0. The highest BCUT2D eigenvalue weighted by atomic mass is 16.5. The SMILES string of the molecule is COc1ncc2c(NC[C@@H](C)N)ccc(C(=O)Nc3nn(C)c4ccccc34)c2n1. The Morgan fingerprint density at radius 1 is 1.23 bits per heavy atom. The molecule has 1 atom stereocenters. The summed E-state index contributed by atoms with van der Waals surface area (Å²) < 4.78 is 6.90. The summed E-state index contributed by atoms with van der Waals surface area (Å²) in [5, 5.41) is 12.2. The number of rotatable bonds is 6. The van der Waals surface area contributed by atoms with Gasteiger partial charge >= 0.3 is 6.01 Å². The third kappa shape index (κ3) is 3.62. The van der Waals surface area contributed by atoms with Crippen LogP contribution in [-0.4, -0.2) is 45.4 Å². The van der Waals surface area contributed by atoms with Gasteiger partial charge in [-0.25, -0.2) is 4.98 Å². The van der Waals surface area contributed by atoms with Crippen molar-refractivity contribution in [3.05, 3.63) is 48.2 Å². The summed E-state index contributed by atoms with van der Waals surface area (Å²) in [6, 6.07) is 11.4. The minimum atomic E-state index is -0.316. The number of aromatic nitrogens is 4. The van der Waals surface area contributed by atoms with Crippen molar-refractivity contribution in [3.63, 3.8) is 0 Å². The first-order valence-electron chi connectivity index (χ1n) is 9.54. The zero-order chi connectivity index (χ0) is 21.3. The van der Waals surface area contributed by atoms with Gasteiger partial charge < -0.3 is 21.1 Å². The number of nitrogens with zero attached hydrogens (tertiary/aromatic N) is 4. The van der Waals surface area contributed by atoms with Crippen molar-refractivity contribution in [2.45, 2.75) is 13.0 Å². The van der Waals surface area contributed by atoms with E-state index in [4.69, 9.17) is 10.5 Å². The molecule has 0 spiro atoms. The average molecular weight is 405 g/mol. The lowest BCUT2D eigenvalue weighted by molar-refractivity contribution is 0.102. The Hall–Kier alpha value is -3.72. The highest BCUT2D eigenvalue weighted by Crippen LogP contribution is 2.28. The van der Waals surface area contributed by atoms with Crippen LogP contribution >= 0.6 is 0 Å². The van der Waals surface area contributed by atoms with Crippen LogP contribution in [0.2, 0.25) is 0 Å². The third-order valence-electron chi connectivity index (χ3n) is 4.76. The lowest BCUT2D eigenvalue weighted by Crippen LogP contribution is -2.25. The topological polar surface area (TPSA) is 120 Å². The van der Waals surface area contributed by atoms with Crippen LogP contribution in [0.5, 0.6) is 6.01 Å². The van der Waals surface area contributed by atoms with E-state index in [0.717, 1.165) is 16.6 Å². The van der Waals surface area contributed by atoms with E-state index in [1.165, 1.54) is 7.11 Å². The van der Waals surface area contributed by atoms with E-state index in [1.54, 1.807) is 16.9 Å². The predicted octanol–water partition coefficient (Wildman–Crippen LogP) is 2.54. The summed E-state index contributed by atoms with van der Waals surface area (Å²) in [7, 11) is 3.32. The molecule has 0 radical (unpaired) electrons. The molecule has 2 aromatic carbocycles. The molecule has 0 saturated carbocycles. The number of anilines is 2. The number of amides is 1. The number of nitrogens with one attached hydrogen (secondary N) is 2. The Bertz CT molecular complexity index is 1230. The second-order valence-corrected chi connectivity index (χ2v) is 7.08. The Kier molecular flexibility index (Phi) is 5.20. The van der Waals surface area contributed by atoms with Gasteiger partial charge in [0, 0.05) is 42.3 Å². The first-order chi connectivity index (χ1) is 14.5. The maximum absolute atomic E-state index is 13.2. The van der Waals surface area contributed by atoms with Gasteiger partial charge in [0.25, 0.3) is 5.91 Å². The Morgan fingerprint density at radius 3 is 2.80 bits per heavy atom. The number of hydrogen-bond acceptors (Lipinski definition) is 7. The van der Waals surface area contributed by atoms with E-state index in [-0.39, 0.29) is 18.0 Å². The van der Waals surface area contributed by atoms with Crippen molar-refractivity contribution < 1.29 is 9.53 Å². The molecule has 1 amide bonds. The number of para-hydroxylation sites is 1. The van der Waals surface area contributed by atoms with Gasteiger partial charge in [0.15, 0.2) is 5.82 Å². The van der Waals surface area contributed by atoms with Crippen molar-refractivity contribution in [3.8, 4) is 6.01 Å². The summed E-state index contributed by atoms with van der Waals surface area (Å²) in [5.41, 5.74) is 8.45. The van der Waals surface area contributed by atoms with Gasteiger partial charge in [-0.1, -0.05) is 12.1 Å². The normalized spacial score (nSPS) is 12.1. The van der Waals surface area contributed by atoms with Crippen LogP contribution in [0.4, 0.5) is 11.5 Å². The molecule has 9 nitrogen and oxygen atoms in total. The first kappa shape index (κ1) is 19.6. The number of methoxy groups -OCH3 is 1. The molecule has 0 unspecified atom stereocenters. The number of carbonyl (C=O) groups is 1. The smallest absolute Gasteiger partial charge is 0.316 e. The summed E-state index contributed by atoms with van der Waals surface area (Å²) in [4.78, 5) is 21.8. The monoisotopic (exact) mass is 405 g/mol. The summed E-state index contributed by atoms with van der Waals surface area (Å²) in [5.74, 6) is 0.176. The minimum Gasteiger partial charge on any atom is -0.467 e. The molecule has 0 saturated heterocycles. The maximum atomic E-state index is 13.2. The van der Waals surface area contributed by atoms with Gasteiger partial charge in [-0.2, -0.15) is 10.1 Å². The second-order valence-electron chi connectivity index (χ2n) is 7.08. The zero-order valence-corrected chi connectivity index (χ0v) is 17.0. The number of ether oxygens (including phenoxy) is 1. The van der Waals surface area contributed by atoms with Crippen LogP contribution in [-0.2, 0) is 7.05 Å². The molecule has 0 aliphatic heterocycles. The van der Waals surface area contributed by atoms with E-state index in [1.807, 2.05) is 44.3 Å². The van der Waals surface area contributed by atoms with Gasteiger partial charge in [0.2, 0.25) is 0 Å². The van der Waals surface area contributed by atoms with Crippen LogP contribution in [0.25, 0.3) is 21.8 Å². The molecule has 0 bridgehead atoms. The lowest BCUT2D eigenvalue weighted by Gasteiger charge is -2.14. The first-order valence-corrected chi connectivity index (χ1v) is 9.54. The fourth-order valence-corrected chi connectivity index (χ4v) is 3.29. The molecule has 2 heterocycles. The number of carbonyl (C=O) groups excluding carboxylic acids is 1. The lowest BCUT2D eigenvalue weighted by atomic mass is 10.1. The van der Waals surface area contributed by atoms with Gasteiger partial charge in [0.05, 0.1) is 23.7 Å². The third-order valence-corrected chi connectivity index (χ3v) is 4.76. The van der Waals surface area contributed by atoms with E-state index in [2.05, 4.69) is 25.7 Å². The Labute approximate surface area is 173 Å². The molecule has 30 heavy (non-hydrogen) atoms. The molecule has 0 aliphatic rings. The average Bonchev–Trinajstić information content (AvgIpc) is 3.06. The molecule has 4 aromatic rings. The van der Waals surface area contributed by atoms with E-state index >= 15 is 0 Å². The number of fused-ring (bicyclic) bond motifs is 2. The molecular formula is C21H23N7O2. The molecular weight excluding hydrogens is 382 g/mol. The molecule has 4 rings (SSSR count). The van der Waals surface area contributed by atoms with Crippen molar-refractivity contribution in [2.75, 3.05) is 24.3 Å². The summed E-state index contributed by atoms with van der Waals surface area (Å²) in [6.07, 6.45) is 1.64. The van der Waals surface area contributed by atoms with Gasteiger partial charge in [-0.15, -0.1) is 0 Å². The fourth-order valence-electron chi connectivity index (χ4n) is 3.29. The van der Waals surface area contributed by atoms with Crippen molar-refractivity contribution in [1.82, 2.24) is 19.7 Å². The summed E-state index contributed by atoms with van der Waals surface area (Å²) in [6.45, 7) is 2.49. The molecule has 2 aromatic heterocycles. The number of aryl methyl sites for hydroxylation is 1. The minimum absolute atomic E-state index is 0.0281. The number of hydrogen-bond donors (Lipinski definition) is 3. The zero-order valence-electron chi connectivity index (χ0n) is 17.0. The fraction of sp³-hybridized carbons (Fsp3) is 0.238. The maximum Gasteiger partial charge on any atom is 0.316 e. The van der Waals surface area contributed by atoms with Crippen LogP contribution in [0, 0.1) is 0 Å². The second kappa shape index (κ2) is 7.96. The quantitative estimate of drug-likeness (QED) is 0.451. The molecule has 4 N–H and O–H groups in total. The molecule has 0 fully saturated rings. The highest BCUT2D eigenvalue weighted by molar-refractivity contribution is 6.15. The van der Waals surface area contributed by atoms with Crippen LogP contribution in [0.3, 0.4) is 0 Å². The van der Waals surface area contributed by atoms with Gasteiger partial charge in [-0.3, -0.25) is 9.48 Å². The van der Waals surface area contributed by atoms with Crippen LogP contribution in [0.1, 0.15) is 17.3 Å². The van der Waals surface area contributed by atoms with Crippen molar-refractivity contribution >= 4 is 39.2 Å².